The Morgan fingerprint density at radius 3 is 3.00 bits per heavy atom. The summed E-state index contributed by atoms with van der Waals surface area (Å²) in [6.45, 7) is 5.38. The van der Waals surface area contributed by atoms with Crippen LogP contribution in [0, 0.1) is 11.8 Å². The molecule has 15 heavy (non-hydrogen) atoms. The quantitative estimate of drug-likeness (QED) is 0.827. The average molecular weight is 209 g/mol. The zero-order valence-electron chi connectivity index (χ0n) is 9.44. The second-order valence-electron chi connectivity index (χ2n) is 4.73. The third-order valence-corrected chi connectivity index (χ3v) is 3.36. The zero-order valence-corrected chi connectivity index (χ0v) is 9.44. The van der Waals surface area contributed by atoms with E-state index in [4.69, 9.17) is 4.52 Å². The molecular weight excluding hydrogens is 190 g/mol. The van der Waals surface area contributed by atoms with E-state index in [9.17, 15) is 0 Å². The fraction of sp³-hybridized carbons (Fsp3) is 0.818. The third kappa shape index (κ3) is 2.78. The Morgan fingerprint density at radius 1 is 1.47 bits per heavy atom. The van der Waals surface area contributed by atoms with Crippen molar-refractivity contribution < 1.29 is 4.52 Å². The molecule has 1 aliphatic carbocycles. The standard InChI is InChI=1S/C11H19N3O/c1-8-3-4-10(9(2)5-8)12-6-11-13-7-15-14-11/h7-10,12H,3-6H2,1-2H3. The number of nitrogens with zero attached hydrogens (tertiary/aromatic N) is 2. The van der Waals surface area contributed by atoms with Gasteiger partial charge in [-0.05, 0) is 31.1 Å². The van der Waals surface area contributed by atoms with E-state index >= 15 is 0 Å². The fourth-order valence-corrected chi connectivity index (χ4v) is 2.46. The molecule has 0 aliphatic heterocycles. The highest BCUT2D eigenvalue weighted by atomic mass is 16.5. The molecule has 1 fully saturated rings. The van der Waals surface area contributed by atoms with Gasteiger partial charge in [-0.2, -0.15) is 4.98 Å². The summed E-state index contributed by atoms with van der Waals surface area (Å²) in [6.07, 6.45) is 5.29. The number of hydrogen-bond acceptors (Lipinski definition) is 4. The first-order valence-corrected chi connectivity index (χ1v) is 5.74. The van der Waals surface area contributed by atoms with Gasteiger partial charge in [0.1, 0.15) is 0 Å². The SMILES string of the molecule is CC1CCC(NCc2ncon2)C(C)C1. The molecule has 1 N–H and O–H groups in total. The van der Waals surface area contributed by atoms with Crippen LogP contribution in [0.1, 0.15) is 38.9 Å². The molecule has 0 aromatic carbocycles. The van der Waals surface area contributed by atoms with Crippen LogP contribution in [0.2, 0.25) is 0 Å². The van der Waals surface area contributed by atoms with Crippen LogP contribution < -0.4 is 5.32 Å². The predicted molar refractivity (Wildman–Crippen MR) is 57.1 cm³/mol. The fourth-order valence-electron chi connectivity index (χ4n) is 2.46. The van der Waals surface area contributed by atoms with Crippen LogP contribution in [-0.4, -0.2) is 16.2 Å². The summed E-state index contributed by atoms with van der Waals surface area (Å²) in [5, 5.41) is 7.30. The van der Waals surface area contributed by atoms with Crippen LogP contribution in [0.5, 0.6) is 0 Å². The topological polar surface area (TPSA) is 51.0 Å². The molecule has 0 bridgehead atoms. The average Bonchev–Trinajstić information content (AvgIpc) is 2.69. The van der Waals surface area contributed by atoms with E-state index < -0.39 is 0 Å². The lowest BCUT2D eigenvalue weighted by atomic mass is 9.80. The van der Waals surface area contributed by atoms with Gasteiger partial charge in [0.2, 0.25) is 6.39 Å². The Balaban J connectivity index is 1.79. The molecule has 0 radical (unpaired) electrons. The molecule has 84 valence electrons. The molecule has 0 saturated heterocycles. The van der Waals surface area contributed by atoms with Crippen LogP contribution in [0.4, 0.5) is 0 Å². The summed E-state index contributed by atoms with van der Waals surface area (Å²) in [5.74, 6) is 2.38. The summed E-state index contributed by atoms with van der Waals surface area (Å²) >= 11 is 0. The van der Waals surface area contributed by atoms with E-state index in [1.165, 1.54) is 25.7 Å². The lowest BCUT2D eigenvalue weighted by molar-refractivity contribution is 0.225. The first-order chi connectivity index (χ1) is 7.25. The molecular formula is C11H19N3O. The van der Waals surface area contributed by atoms with E-state index in [-0.39, 0.29) is 0 Å². The summed E-state index contributed by atoms with van der Waals surface area (Å²) in [4.78, 5) is 4.00. The monoisotopic (exact) mass is 209 g/mol. The molecule has 1 aromatic heterocycles. The van der Waals surface area contributed by atoms with E-state index in [1.54, 1.807) is 0 Å². The summed E-state index contributed by atoms with van der Waals surface area (Å²) in [5.41, 5.74) is 0. The van der Waals surface area contributed by atoms with Crippen molar-refractivity contribution in [2.75, 3.05) is 0 Å². The van der Waals surface area contributed by atoms with E-state index in [1.807, 2.05) is 0 Å². The maximum absolute atomic E-state index is 4.70. The second kappa shape index (κ2) is 4.75. The number of hydrogen-bond donors (Lipinski definition) is 1. The normalized spacial score (nSPS) is 31.7. The van der Waals surface area contributed by atoms with Crippen molar-refractivity contribution in [3.63, 3.8) is 0 Å². The smallest absolute Gasteiger partial charge is 0.213 e. The molecule has 1 heterocycles. The van der Waals surface area contributed by atoms with Crippen molar-refractivity contribution in [1.29, 1.82) is 0 Å². The summed E-state index contributed by atoms with van der Waals surface area (Å²) < 4.78 is 4.70. The Labute approximate surface area is 90.4 Å². The maximum atomic E-state index is 4.70. The minimum absolute atomic E-state index is 0.611. The molecule has 3 unspecified atom stereocenters. The van der Waals surface area contributed by atoms with Crippen LogP contribution in [-0.2, 0) is 6.54 Å². The van der Waals surface area contributed by atoms with E-state index in [0.29, 0.717) is 6.04 Å². The van der Waals surface area contributed by atoms with Crippen molar-refractivity contribution in [2.24, 2.45) is 11.8 Å². The van der Waals surface area contributed by atoms with Crippen LogP contribution in [0.15, 0.2) is 10.9 Å². The highest BCUT2D eigenvalue weighted by Gasteiger charge is 2.24. The van der Waals surface area contributed by atoms with Gasteiger partial charge in [-0.25, -0.2) is 0 Å². The highest BCUT2D eigenvalue weighted by molar-refractivity contribution is 4.84. The Morgan fingerprint density at radius 2 is 2.33 bits per heavy atom. The van der Waals surface area contributed by atoms with Crippen molar-refractivity contribution in [3.8, 4) is 0 Å². The van der Waals surface area contributed by atoms with Crippen molar-refractivity contribution in [2.45, 2.75) is 45.7 Å². The first-order valence-electron chi connectivity index (χ1n) is 5.74. The molecule has 2 rings (SSSR count). The minimum atomic E-state index is 0.611. The molecule has 1 aliphatic rings. The van der Waals surface area contributed by atoms with Gasteiger partial charge in [0.15, 0.2) is 5.82 Å². The molecule has 0 spiro atoms. The van der Waals surface area contributed by atoms with Crippen molar-refractivity contribution in [1.82, 2.24) is 15.5 Å². The van der Waals surface area contributed by atoms with Gasteiger partial charge < -0.3 is 9.84 Å². The zero-order chi connectivity index (χ0) is 10.7. The van der Waals surface area contributed by atoms with E-state index in [2.05, 4.69) is 29.3 Å². The van der Waals surface area contributed by atoms with Crippen molar-refractivity contribution in [3.05, 3.63) is 12.2 Å². The molecule has 4 heteroatoms. The minimum Gasteiger partial charge on any atom is -0.343 e. The Kier molecular flexibility index (Phi) is 3.36. The molecule has 3 atom stereocenters. The van der Waals surface area contributed by atoms with Gasteiger partial charge in [-0.3, -0.25) is 0 Å². The van der Waals surface area contributed by atoms with Crippen LogP contribution >= 0.6 is 0 Å². The predicted octanol–water partition coefficient (Wildman–Crippen LogP) is 1.98. The third-order valence-electron chi connectivity index (χ3n) is 3.36. The lowest BCUT2D eigenvalue weighted by Gasteiger charge is -2.33. The van der Waals surface area contributed by atoms with Gasteiger partial charge in [0, 0.05) is 6.04 Å². The van der Waals surface area contributed by atoms with Crippen molar-refractivity contribution >= 4 is 0 Å². The molecule has 0 amide bonds. The largest absolute Gasteiger partial charge is 0.343 e. The molecule has 1 aromatic rings. The molecule has 4 nitrogen and oxygen atoms in total. The van der Waals surface area contributed by atoms with Crippen LogP contribution in [0.3, 0.4) is 0 Å². The molecule has 1 saturated carbocycles. The number of rotatable bonds is 3. The van der Waals surface area contributed by atoms with Gasteiger partial charge in [-0.15, -0.1) is 0 Å². The second-order valence-corrected chi connectivity index (χ2v) is 4.73. The first kappa shape index (κ1) is 10.6. The lowest BCUT2D eigenvalue weighted by Crippen LogP contribution is -2.38. The summed E-state index contributed by atoms with van der Waals surface area (Å²) in [7, 11) is 0. The highest BCUT2D eigenvalue weighted by Crippen LogP contribution is 2.28. The number of aromatic nitrogens is 2. The van der Waals surface area contributed by atoms with Gasteiger partial charge in [0.25, 0.3) is 0 Å². The van der Waals surface area contributed by atoms with Gasteiger partial charge >= 0.3 is 0 Å². The Hall–Kier alpha value is -0.900. The van der Waals surface area contributed by atoms with Gasteiger partial charge in [-0.1, -0.05) is 19.0 Å². The van der Waals surface area contributed by atoms with E-state index in [0.717, 1.165) is 24.2 Å². The number of nitrogens with one attached hydrogen (secondary N) is 1. The Bertz CT molecular complexity index is 286. The van der Waals surface area contributed by atoms with Gasteiger partial charge in [0.05, 0.1) is 6.54 Å². The summed E-state index contributed by atoms with van der Waals surface area (Å²) in [6, 6.07) is 0.611. The maximum Gasteiger partial charge on any atom is 0.213 e. The van der Waals surface area contributed by atoms with Crippen LogP contribution in [0.25, 0.3) is 0 Å².